The van der Waals surface area contributed by atoms with Gasteiger partial charge in [0.1, 0.15) is 12.2 Å². The number of hydrogen-bond donors (Lipinski definition) is 7. The second-order valence-electron chi connectivity index (χ2n) is 18.1. The van der Waals surface area contributed by atoms with Crippen molar-refractivity contribution in [2.75, 3.05) is 66.6 Å². The van der Waals surface area contributed by atoms with Gasteiger partial charge in [0.25, 0.3) is 5.91 Å². The monoisotopic (exact) mass is 979 g/mol. The molecule has 3 amide bonds. The summed E-state index contributed by atoms with van der Waals surface area (Å²) in [7, 11) is 3.12. The van der Waals surface area contributed by atoms with Gasteiger partial charge in [0.05, 0.1) is 19.8 Å². The zero-order valence-electron chi connectivity index (χ0n) is 42.1. The highest BCUT2D eigenvalue weighted by Gasteiger charge is 2.35. The Hall–Kier alpha value is -6.66. The number of nitrogens with zero attached hydrogens (tertiary/aromatic N) is 3. The molecular weight excluding hydrogens is 905 g/mol. The number of carbonyl (C=O) groups excluding carboxylic acids is 3. The Labute approximate surface area is 418 Å². The second-order valence-corrected chi connectivity index (χ2v) is 18.1. The molecule has 0 aliphatic carbocycles. The van der Waals surface area contributed by atoms with Crippen molar-refractivity contribution in [3.8, 4) is 34.3 Å². The number of aromatic hydroxyl groups is 2. The Morgan fingerprint density at radius 3 is 1.80 bits per heavy atom. The molecule has 6 rings (SSSR count). The number of phenolic OH excluding ortho intramolecular Hbond substituents is 2. The molecule has 17 nitrogen and oxygen atoms in total. The van der Waals surface area contributed by atoms with Crippen molar-refractivity contribution in [1.29, 1.82) is 0 Å². The highest BCUT2D eigenvalue weighted by atomic mass is 16.6. The summed E-state index contributed by atoms with van der Waals surface area (Å²) in [6.07, 6.45) is 7.94. The number of rotatable bonds is 26. The van der Waals surface area contributed by atoms with E-state index in [9.17, 15) is 24.6 Å². The molecule has 0 saturated carbocycles. The number of hydrogen-bond acceptors (Lipinski definition) is 14. The number of fused-ring (bicyclic) bond motifs is 1. The highest BCUT2D eigenvalue weighted by molar-refractivity contribution is 6.05. The van der Waals surface area contributed by atoms with Crippen LogP contribution in [0.4, 0.5) is 9.59 Å². The maximum Gasteiger partial charge on any atom is 0.417 e. The summed E-state index contributed by atoms with van der Waals surface area (Å²) in [6.45, 7) is 14.3. The van der Waals surface area contributed by atoms with E-state index in [2.05, 4.69) is 36.1 Å². The van der Waals surface area contributed by atoms with Crippen molar-refractivity contribution in [3.05, 3.63) is 125 Å². The molecular formula is C54H74N8O9. The lowest BCUT2D eigenvalue weighted by atomic mass is 10.1. The standard InChI is InChI=1S/C28H32N4O5.C26H42N4O4/c1-28(2,3)37-27(35)32-17-12-23-22(25(32)33)18-24(21-10-14-29-15-11-21)31(23)16-7-13-30-26(34)36-19-20-8-5-4-6-9-20;1-33-25-17-21(7-9-23(25)31)19-29-15-5-13-27-11-3-4-12-28-14-6-16-30-20-22-8-10-24(32)26(18-22)34-2/h4-6,8-11,14-15,18H,7,12-13,16-17,19H2,1-3H3,(H,30,34);7-10,17-18,27-32H,3-6,11-16,19-20H2,1-2H3. The summed E-state index contributed by atoms with van der Waals surface area (Å²) < 4.78 is 23.1. The predicted molar refractivity (Wildman–Crippen MR) is 275 cm³/mol. The lowest BCUT2D eigenvalue weighted by Crippen LogP contribution is -2.44. The molecule has 2 aromatic heterocycles. The minimum atomic E-state index is -0.693. The van der Waals surface area contributed by atoms with Gasteiger partial charge in [-0.15, -0.1) is 0 Å². The molecule has 71 heavy (non-hydrogen) atoms. The van der Waals surface area contributed by atoms with Gasteiger partial charge in [0.15, 0.2) is 23.0 Å². The third-order valence-corrected chi connectivity index (χ3v) is 11.4. The molecule has 0 spiro atoms. The van der Waals surface area contributed by atoms with Crippen LogP contribution in [0.5, 0.6) is 23.0 Å². The largest absolute Gasteiger partial charge is 0.504 e. The van der Waals surface area contributed by atoms with E-state index in [0.717, 1.165) is 98.8 Å². The SMILES string of the molecule is CC(C)(C)OC(=O)N1CCc2c(cc(-c3ccncc3)n2CCCNC(=O)OCc2ccccc2)C1=O.COc1cc(CNCCCNCCCCNCCCNCc2ccc(O)c(OC)c2)ccc1O. The Kier molecular flexibility index (Phi) is 23.0. The number of alkyl carbamates (subject to hydrolysis) is 1. The van der Waals surface area contributed by atoms with Gasteiger partial charge in [-0.3, -0.25) is 9.78 Å². The fourth-order valence-corrected chi connectivity index (χ4v) is 7.77. The van der Waals surface area contributed by atoms with Crippen LogP contribution in [0.1, 0.15) is 85.6 Å². The van der Waals surface area contributed by atoms with Crippen molar-refractivity contribution in [2.24, 2.45) is 0 Å². The van der Waals surface area contributed by atoms with E-state index in [1.54, 1.807) is 59.5 Å². The first-order chi connectivity index (χ1) is 34.4. The van der Waals surface area contributed by atoms with E-state index in [1.807, 2.05) is 72.8 Å². The Bertz CT molecular complexity index is 2320. The first kappa shape index (κ1) is 55.3. The number of aromatic nitrogens is 2. The number of imide groups is 1. The van der Waals surface area contributed by atoms with Crippen LogP contribution in [-0.2, 0) is 42.1 Å². The van der Waals surface area contributed by atoms with E-state index < -0.39 is 17.8 Å². The number of amides is 3. The van der Waals surface area contributed by atoms with Crippen LogP contribution in [0.25, 0.3) is 11.3 Å². The van der Waals surface area contributed by atoms with Crippen LogP contribution >= 0.6 is 0 Å². The van der Waals surface area contributed by atoms with E-state index >= 15 is 0 Å². The number of ether oxygens (including phenoxy) is 4. The Balaban J connectivity index is 0.000000265. The lowest BCUT2D eigenvalue weighted by molar-refractivity contribution is 0.0232. The number of methoxy groups -OCH3 is 2. The minimum absolute atomic E-state index is 0.172. The molecule has 0 saturated heterocycles. The molecule has 0 fully saturated rings. The van der Waals surface area contributed by atoms with Crippen molar-refractivity contribution in [1.82, 2.24) is 41.0 Å². The Morgan fingerprint density at radius 2 is 1.24 bits per heavy atom. The van der Waals surface area contributed by atoms with Gasteiger partial charge in [-0.1, -0.05) is 42.5 Å². The second kappa shape index (κ2) is 29.5. The average molecular weight is 979 g/mol. The summed E-state index contributed by atoms with van der Waals surface area (Å²) in [5.74, 6) is 1.00. The normalized spacial score (nSPS) is 12.1. The molecule has 3 heterocycles. The number of nitrogens with one attached hydrogen (secondary N) is 5. The van der Waals surface area contributed by atoms with Crippen molar-refractivity contribution < 1.29 is 43.5 Å². The lowest BCUT2D eigenvalue weighted by Gasteiger charge is -2.29. The zero-order valence-corrected chi connectivity index (χ0v) is 42.1. The zero-order chi connectivity index (χ0) is 50.9. The van der Waals surface area contributed by atoms with Gasteiger partial charge >= 0.3 is 12.2 Å². The predicted octanol–water partition coefficient (Wildman–Crippen LogP) is 7.53. The molecule has 5 aromatic rings. The van der Waals surface area contributed by atoms with E-state index in [0.29, 0.717) is 43.0 Å². The molecule has 1 aliphatic rings. The number of benzene rings is 3. The number of phenols is 2. The van der Waals surface area contributed by atoms with Gasteiger partial charge in [0, 0.05) is 68.5 Å². The smallest absolute Gasteiger partial charge is 0.417 e. The summed E-state index contributed by atoms with van der Waals surface area (Å²) in [5, 5.41) is 35.9. The minimum Gasteiger partial charge on any atom is -0.504 e. The van der Waals surface area contributed by atoms with E-state index in [4.69, 9.17) is 18.9 Å². The topological polar surface area (TPSA) is 210 Å². The third kappa shape index (κ3) is 18.9. The summed E-state index contributed by atoms with van der Waals surface area (Å²) in [4.78, 5) is 43.3. The number of carbonyl (C=O) groups is 3. The molecule has 0 atom stereocenters. The van der Waals surface area contributed by atoms with E-state index in [1.165, 1.54) is 17.7 Å². The Morgan fingerprint density at radius 1 is 0.676 bits per heavy atom. The first-order valence-electron chi connectivity index (χ1n) is 24.5. The van der Waals surface area contributed by atoms with Crippen LogP contribution in [0.15, 0.2) is 97.3 Å². The molecule has 1 aliphatic heterocycles. The van der Waals surface area contributed by atoms with Crippen molar-refractivity contribution in [3.63, 3.8) is 0 Å². The molecule has 3 aromatic carbocycles. The van der Waals surface area contributed by atoms with Crippen LogP contribution in [-0.4, -0.2) is 115 Å². The van der Waals surface area contributed by atoms with E-state index in [-0.39, 0.29) is 30.6 Å². The van der Waals surface area contributed by atoms with Gasteiger partial charge in [0.2, 0.25) is 0 Å². The molecule has 7 N–H and O–H groups in total. The number of unbranched alkanes of at least 4 members (excludes halogenated alkanes) is 1. The molecule has 17 heteroatoms. The summed E-state index contributed by atoms with van der Waals surface area (Å²) in [5.41, 5.74) is 5.55. The molecule has 0 bridgehead atoms. The van der Waals surface area contributed by atoms with Crippen LogP contribution in [0.2, 0.25) is 0 Å². The van der Waals surface area contributed by atoms with Gasteiger partial charge in [-0.25, -0.2) is 14.5 Å². The van der Waals surface area contributed by atoms with Gasteiger partial charge < -0.3 is 60.3 Å². The van der Waals surface area contributed by atoms with Gasteiger partial charge in [-0.2, -0.15) is 0 Å². The fourth-order valence-electron chi connectivity index (χ4n) is 7.77. The molecule has 0 unspecified atom stereocenters. The summed E-state index contributed by atoms with van der Waals surface area (Å²) >= 11 is 0. The van der Waals surface area contributed by atoms with Crippen LogP contribution < -0.4 is 36.1 Å². The molecule has 0 radical (unpaired) electrons. The maximum absolute atomic E-state index is 13.3. The average Bonchev–Trinajstić information content (AvgIpc) is 3.75. The third-order valence-electron chi connectivity index (χ3n) is 11.4. The van der Waals surface area contributed by atoms with Crippen LogP contribution in [0, 0.1) is 0 Å². The highest BCUT2D eigenvalue weighted by Crippen LogP contribution is 2.31. The summed E-state index contributed by atoms with van der Waals surface area (Å²) in [6, 6.07) is 26.0. The molecule has 384 valence electrons. The van der Waals surface area contributed by atoms with Gasteiger partial charge in [-0.05, 0) is 151 Å². The van der Waals surface area contributed by atoms with Crippen LogP contribution in [0.3, 0.4) is 0 Å². The number of pyridine rings is 1. The van der Waals surface area contributed by atoms with Crippen molar-refractivity contribution >= 4 is 18.1 Å². The maximum atomic E-state index is 13.3. The quantitative estimate of drug-likeness (QED) is 0.0267. The van der Waals surface area contributed by atoms with Crippen molar-refractivity contribution in [2.45, 2.75) is 91.1 Å². The fraction of sp³-hybridized carbons (Fsp3) is 0.444. The first-order valence-corrected chi connectivity index (χ1v) is 24.5.